The van der Waals surface area contributed by atoms with Gasteiger partial charge in [0.15, 0.2) is 5.82 Å². The number of aromatic amines is 1. The number of nitrogens with zero attached hydrogens (tertiary/aromatic N) is 1. The second kappa shape index (κ2) is 5.12. The van der Waals surface area contributed by atoms with Crippen LogP contribution in [-0.4, -0.2) is 16.1 Å². The minimum Gasteiger partial charge on any atom is -0.305 e. The van der Waals surface area contributed by atoms with Gasteiger partial charge in [-0.1, -0.05) is 26.8 Å². The smallest absolute Gasteiger partial charge is 0.256 e. The van der Waals surface area contributed by atoms with Gasteiger partial charge in [-0.05, 0) is 37.1 Å². The number of hydrogen-bond donors (Lipinski definition) is 2. The number of hydrogen-bond acceptors (Lipinski definition) is 2. The summed E-state index contributed by atoms with van der Waals surface area (Å²) in [5, 5.41) is 9.91. The van der Waals surface area contributed by atoms with Gasteiger partial charge in [0.2, 0.25) is 0 Å². The van der Waals surface area contributed by atoms with Gasteiger partial charge in [-0.3, -0.25) is 9.89 Å². The molecule has 4 heteroatoms. The summed E-state index contributed by atoms with van der Waals surface area (Å²) in [5.74, 6) is 0.415. The molecule has 2 N–H and O–H groups in total. The fourth-order valence-electron chi connectivity index (χ4n) is 1.84. The molecule has 0 aliphatic carbocycles. The Hall–Kier alpha value is -2.10. The van der Waals surface area contributed by atoms with Gasteiger partial charge in [0, 0.05) is 22.7 Å². The van der Waals surface area contributed by atoms with E-state index in [0.29, 0.717) is 11.4 Å². The predicted molar refractivity (Wildman–Crippen MR) is 81.2 cm³/mol. The fraction of sp³-hybridized carbons (Fsp3) is 0.375. The molecule has 0 saturated heterocycles. The minimum absolute atomic E-state index is 0.0174. The third-order valence-corrected chi connectivity index (χ3v) is 3.40. The van der Waals surface area contributed by atoms with Crippen LogP contribution in [0.5, 0.6) is 0 Å². The molecule has 1 heterocycles. The maximum Gasteiger partial charge on any atom is 0.256 e. The van der Waals surface area contributed by atoms with Crippen molar-refractivity contribution < 1.29 is 4.79 Å². The first-order valence-electron chi connectivity index (χ1n) is 6.72. The van der Waals surface area contributed by atoms with Crippen LogP contribution in [0.15, 0.2) is 24.3 Å². The molecule has 0 radical (unpaired) electrons. The number of rotatable bonds is 2. The number of nitrogens with one attached hydrogen (secondary N) is 2. The summed E-state index contributed by atoms with van der Waals surface area (Å²) in [6, 6.07) is 7.55. The molecule has 0 spiro atoms. The van der Waals surface area contributed by atoms with E-state index in [0.717, 1.165) is 11.3 Å². The Morgan fingerprint density at radius 1 is 1.15 bits per heavy atom. The number of benzene rings is 1. The van der Waals surface area contributed by atoms with Crippen molar-refractivity contribution in [2.45, 2.75) is 40.0 Å². The van der Waals surface area contributed by atoms with E-state index >= 15 is 0 Å². The highest BCUT2D eigenvalue weighted by Crippen LogP contribution is 2.22. The van der Waals surface area contributed by atoms with Crippen LogP contribution in [0.3, 0.4) is 0 Å². The van der Waals surface area contributed by atoms with E-state index < -0.39 is 0 Å². The molecule has 20 heavy (non-hydrogen) atoms. The van der Waals surface area contributed by atoms with Crippen LogP contribution in [-0.2, 0) is 5.41 Å². The maximum absolute atomic E-state index is 12.2. The molecule has 0 bridgehead atoms. The first-order valence-corrected chi connectivity index (χ1v) is 6.72. The topological polar surface area (TPSA) is 57.8 Å². The highest BCUT2D eigenvalue weighted by molar-refractivity contribution is 6.03. The summed E-state index contributed by atoms with van der Waals surface area (Å²) in [4.78, 5) is 12.2. The maximum atomic E-state index is 12.2. The highest BCUT2D eigenvalue weighted by atomic mass is 16.1. The summed E-state index contributed by atoms with van der Waals surface area (Å²) in [7, 11) is 0. The van der Waals surface area contributed by atoms with Crippen molar-refractivity contribution in [3.05, 3.63) is 46.6 Å². The summed E-state index contributed by atoms with van der Waals surface area (Å²) >= 11 is 0. The van der Waals surface area contributed by atoms with Gasteiger partial charge in [0.25, 0.3) is 5.91 Å². The standard InChI is InChI=1S/C16H21N3O/c1-10-6-7-12(8-11(10)2)15(20)17-14-9-13(18-19-14)16(3,4)5/h6-9H,1-5H3,(H2,17,18,19,20). The average Bonchev–Trinajstić information content (AvgIpc) is 2.81. The van der Waals surface area contributed by atoms with Crippen molar-refractivity contribution in [2.75, 3.05) is 5.32 Å². The van der Waals surface area contributed by atoms with Crippen molar-refractivity contribution in [2.24, 2.45) is 0 Å². The van der Waals surface area contributed by atoms with Gasteiger partial charge in [0.05, 0.1) is 0 Å². The molecule has 2 aromatic rings. The lowest BCUT2D eigenvalue weighted by molar-refractivity contribution is 0.102. The van der Waals surface area contributed by atoms with Gasteiger partial charge in [-0.25, -0.2) is 0 Å². The number of aryl methyl sites for hydroxylation is 2. The Morgan fingerprint density at radius 3 is 2.40 bits per heavy atom. The predicted octanol–water partition coefficient (Wildman–Crippen LogP) is 3.58. The fourth-order valence-corrected chi connectivity index (χ4v) is 1.84. The van der Waals surface area contributed by atoms with E-state index in [-0.39, 0.29) is 11.3 Å². The Balaban J connectivity index is 2.15. The van der Waals surface area contributed by atoms with Crippen LogP contribution in [0.1, 0.15) is 48.0 Å². The van der Waals surface area contributed by atoms with Crippen LogP contribution >= 0.6 is 0 Å². The zero-order chi connectivity index (χ0) is 14.9. The van der Waals surface area contributed by atoms with Crippen LogP contribution in [0, 0.1) is 13.8 Å². The Kier molecular flexibility index (Phi) is 3.66. The Morgan fingerprint density at radius 2 is 1.85 bits per heavy atom. The quantitative estimate of drug-likeness (QED) is 0.877. The van der Waals surface area contributed by atoms with Crippen molar-refractivity contribution in [3.8, 4) is 0 Å². The number of carbonyl (C=O) groups is 1. The summed E-state index contributed by atoms with van der Waals surface area (Å²) < 4.78 is 0. The lowest BCUT2D eigenvalue weighted by atomic mass is 9.92. The third-order valence-electron chi connectivity index (χ3n) is 3.40. The van der Waals surface area contributed by atoms with Gasteiger partial charge < -0.3 is 5.32 Å². The number of carbonyl (C=O) groups excluding carboxylic acids is 1. The van der Waals surface area contributed by atoms with E-state index in [1.165, 1.54) is 5.56 Å². The largest absolute Gasteiger partial charge is 0.305 e. The monoisotopic (exact) mass is 271 g/mol. The van der Waals surface area contributed by atoms with E-state index in [1.807, 2.05) is 38.1 Å². The molecule has 0 aliphatic heterocycles. The SMILES string of the molecule is Cc1ccc(C(=O)Nc2cc(C(C)(C)C)[nH]n2)cc1C. The van der Waals surface area contributed by atoms with Crippen LogP contribution in [0.2, 0.25) is 0 Å². The lowest BCUT2D eigenvalue weighted by Crippen LogP contribution is -2.13. The first kappa shape index (κ1) is 14.3. The number of aromatic nitrogens is 2. The molecule has 0 saturated carbocycles. The number of anilines is 1. The van der Waals surface area contributed by atoms with Crippen LogP contribution < -0.4 is 5.32 Å². The summed E-state index contributed by atoms with van der Waals surface area (Å²) in [5.41, 5.74) is 3.91. The zero-order valence-electron chi connectivity index (χ0n) is 12.7. The molecule has 0 fully saturated rings. The molecule has 1 amide bonds. The van der Waals surface area contributed by atoms with E-state index in [2.05, 4.69) is 36.3 Å². The molecule has 1 aromatic carbocycles. The second-order valence-corrected chi connectivity index (χ2v) is 6.17. The van der Waals surface area contributed by atoms with Crippen LogP contribution in [0.4, 0.5) is 5.82 Å². The molecular weight excluding hydrogens is 250 g/mol. The third kappa shape index (κ3) is 3.07. The van der Waals surface area contributed by atoms with E-state index in [1.54, 1.807) is 0 Å². The van der Waals surface area contributed by atoms with Gasteiger partial charge >= 0.3 is 0 Å². The zero-order valence-corrected chi connectivity index (χ0v) is 12.7. The van der Waals surface area contributed by atoms with E-state index in [4.69, 9.17) is 0 Å². The summed E-state index contributed by atoms with van der Waals surface area (Å²) in [6.45, 7) is 10.3. The molecule has 4 nitrogen and oxygen atoms in total. The minimum atomic E-state index is -0.139. The molecule has 0 aliphatic rings. The second-order valence-electron chi connectivity index (χ2n) is 6.17. The Bertz CT molecular complexity index is 635. The number of amides is 1. The van der Waals surface area contributed by atoms with Gasteiger partial charge in [-0.2, -0.15) is 5.10 Å². The molecule has 1 aromatic heterocycles. The van der Waals surface area contributed by atoms with Crippen molar-refractivity contribution in [3.63, 3.8) is 0 Å². The van der Waals surface area contributed by atoms with Crippen molar-refractivity contribution >= 4 is 11.7 Å². The molecule has 2 rings (SSSR count). The average molecular weight is 271 g/mol. The highest BCUT2D eigenvalue weighted by Gasteiger charge is 2.17. The van der Waals surface area contributed by atoms with Crippen LogP contribution in [0.25, 0.3) is 0 Å². The Labute approximate surface area is 119 Å². The van der Waals surface area contributed by atoms with Crippen molar-refractivity contribution in [1.82, 2.24) is 10.2 Å². The van der Waals surface area contributed by atoms with Crippen molar-refractivity contribution in [1.29, 1.82) is 0 Å². The molecule has 106 valence electrons. The first-order chi connectivity index (χ1) is 9.27. The molecule has 0 unspecified atom stereocenters. The van der Waals surface area contributed by atoms with Gasteiger partial charge in [0.1, 0.15) is 0 Å². The van der Waals surface area contributed by atoms with Gasteiger partial charge in [-0.15, -0.1) is 0 Å². The normalized spacial score (nSPS) is 11.4. The molecular formula is C16H21N3O. The van der Waals surface area contributed by atoms with E-state index in [9.17, 15) is 4.79 Å². The molecule has 0 atom stereocenters. The summed E-state index contributed by atoms with van der Waals surface area (Å²) in [6.07, 6.45) is 0. The number of H-pyrrole nitrogens is 1. The lowest BCUT2D eigenvalue weighted by Gasteiger charge is -2.14.